The fraction of sp³-hybridized carbons (Fsp3) is 0.500. The van der Waals surface area contributed by atoms with Gasteiger partial charge in [0.15, 0.2) is 0 Å². The molecule has 1 aliphatic carbocycles. The van der Waals surface area contributed by atoms with Gasteiger partial charge in [-0.3, -0.25) is 9.59 Å². The van der Waals surface area contributed by atoms with Crippen molar-refractivity contribution >= 4 is 23.2 Å². The van der Waals surface area contributed by atoms with Crippen molar-refractivity contribution in [2.75, 3.05) is 0 Å². The highest BCUT2D eigenvalue weighted by molar-refractivity contribution is 7.09. The molecule has 108 valence electrons. The summed E-state index contributed by atoms with van der Waals surface area (Å²) in [7, 11) is 0. The van der Waals surface area contributed by atoms with Gasteiger partial charge in [0.2, 0.25) is 5.91 Å². The minimum atomic E-state index is -0.371. The van der Waals surface area contributed by atoms with E-state index in [0.29, 0.717) is 18.5 Å². The number of hydrogen-bond acceptors (Lipinski definition) is 4. The third-order valence-electron chi connectivity index (χ3n) is 3.36. The van der Waals surface area contributed by atoms with E-state index in [1.54, 1.807) is 5.38 Å². The van der Waals surface area contributed by atoms with E-state index in [1.165, 1.54) is 11.3 Å². The van der Waals surface area contributed by atoms with E-state index in [9.17, 15) is 9.59 Å². The fourth-order valence-corrected chi connectivity index (χ4v) is 3.15. The molecule has 1 aliphatic rings. The topological polar surface area (TPSA) is 85.1 Å². The number of primary amides is 1. The SMILES string of the molecule is CCCc1nc(C(=O)N[C@@H]2CC=CC[C@H]2C(N)=O)cs1. The lowest BCUT2D eigenvalue weighted by Gasteiger charge is -2.26. The predicted molar refractivity (Wildman–Crippen MR) is 78.4 cm³/mol. The van der Waals surface area contributed by atoms with E-state index < -0.39 is 0 Å². The Morgan fingerprint density at radius 1 is 1.45 bits per heavy atom. The molecule has 1 aromatic heterocycles. The highest BCUT2D eigenvalue weighted by atomic mass is 32.1. The highest BCUT2D eigenvalue weighted by Gasteiger charge is 2.29. The summed E-state index contributed by atoms with van der Waals surface area (Å²) < 4.78 is 0. The van der Waals surface area contributed by atoms with Crippen LogP contribution in [0.5, 0.6) is 0 Å². The maximum absolute atomic E-state index is 12.2. The first-order valence-corrected chi connectivity index (χ1v) is 7.69. The summed E-state index contributed by atoms with van der Waals surface area (Å²) in [6, 6.07) is -0.235. The van der Waals surface area contributed by atoms with Crippen molar-refractivity contribution < 1.29 is 9.59 Å². The van der Waals surface area contributed by atoms with Crippen molar-refractivity contribution in [2.45, 2.75) is 38.6 Å². The lowest BCUT2D eigenvalue weighted by molar-refractivity contribution is -0.122. The molecule has 3 N–H and O–H groups in total. The van der Waals surface area contributed by atoms with E-state index in [0.717, 1.165) is 17.8 Å². The Bertz CT molecular complexity index is 524. The molecule has 2 atom stereocenters. The van der Waals surface area contributed by atoms with Crippen molar-refractivity contribution in [3.05, 3.63) is 28.2 Å². The third-order valence-corrected chi connectivity index (χ3v) is 4.27. The van der Waals surface area contributed by atoms with Gasteiger partial charge in [0.25, 0.3) is 5.91 Å². The van der Waals surface area contributed by atoms with Crippen molar-refractivity contribution in [3.63, 3.8) is 0 Å². The predicted octanol–water partition coefficient (Wildman–Crippen LogP) is 1.65. The average molecular weight is 293 g/mol. The first-order chi connectivity index (χ1) is 9.61. The number of nitrogens with two attached hydrogens (primary N) is 1. The molecule has 2 rings (SSSR count). The standard InChI is InChI=1S/C14H19N3O2S/c1-2-5-12-16-11(8-20-12)14(19)17-10-7-4-3-6-9(10)13(15)18/h3-4,8-10H,2,5-7H2,1H3,(H2,15,18)(H,17,19)/t9-,10-/m1/s1. The fourth-order valence-electron chi connectivity index (χ4n) is 2.27. The van der Waals surface area contributed by atoms with Gasteiger partial charge in [0, 0.05) is 11.4 Å². The Kier molecular flexibility index (Phi) is 4.89. The van der Waals surface area contributed by atoms with Crippen LogP contribution in [-0.4, -0.2) is 22.8 Å². The van der Waals surface area contributed by atoms with Crippen LogP contribution < -0.4 is 11.1 Å². The van der Waals surface area contributed by atoms with Crippen LogP contribution in [-0.2, 0) is 11.2 Å². The molecule has 0 saturated carbocycles. The molecule has 6 heteroatoms. The zero-order chi connectivity index (χ0) is 14.5. The van der Waals surface area contributed by atoms with Crippen molar-refractivity contribution in [2.24, 2.45) is 11.7 Å². The minimum absolute atomic E-state index is 0.227. The number of amides is 2. The third kappa shape index (κ3) is 3.45. The Morgan fingerprint density at radius 2 is 2.20 bits per heavy atom. The zero-order valence-electron chi connectivity index (χ0n) is 11.5. The van der Waals surface area contributed by atoms with Crippen LogP contribution in [0.25, 0.3) is 0 Å². The lowest BCUT2D eigenvalue weighted by Crippen LogP contribution is -2.46. The summed E-state index contributed by atoms with van der Waals surface area (Å²) in [5, 5.41) is 5.60. The number of hydrogen-bond donors (Lipinski definition) is 2. The van der Waals surface area contributed by atoms with Gasteiger partial charge in [0.1, 0.15) is 5.69 Å². The van der Waals surface area contributed by atoms with Gasteiger partial charge in [-0.2, -0.15) is 0 Å². The van der Waals surface area contributed by atoms with Gasteiger partial charge in [-0.25, -0.2) is 4.98 Å². The Hall–Kier alpha value is -1.69. The van der Waals surface area contributed by atoms with Crippen molar-refractivity contribution in [1.82, 2.24) is 10.3 Å². The van der Waals surface area contributed by atoms with Gasteiger partial charge < -0.3 is 11.1 Å². The molecule has 0 spiro atoms. The highest BCUT2D eigenvalue weighted by Crippen LogP contribution is 2.19. The zero-order valence-corrected chi connectivity index (χ0v) is 12.3. The molecule has 20 heavy (non-hydrogen) atoms. The van der Waals surface area contributed by atoms with E-state index in [1.807, 2.05) is 12.2 Å². The largest absolute Gasteiger partial charge is 0.369 e. The molecule has 0 bridgehead atoms. The smallest absolute Gasteiger partial charge is 0.271 e. The Morgan fingerprint density at radius 3 is 2.90 bits per heavy atom. The average Bonchev–Trinajstić information content (AvgIpc) is 2.88. The molecule has 0 radical (unpaired) electrons. The summed E-state index contributed by atoms with van der Waals surface area (Å²) in [6.45, 7) is 2.08. The molecule has 0 aliphatic heterocycles. The van der Waals surface area contributed by atoms with Gasteiger partial charge in [-0.05, 0) is 25.7 Å². The van der Waals surface area contributed by atoms with Crippen LogP contribution >= 0.6 is 11.3 Å². The van der Waals surface area contributed by atoms with Crippen LogP contribution in [0.4, 0.5) is 0 Å². The number of nitrogens with one attached hydrogen (secondary N) is 1. The summed E-state index contributed by atoms with van der Waals surface area (Å²) in [4.78, 5) is 27.9. The van der Waals surface area contributed by atoms with Crippen LogP contribution in [0.3, 0.4) is 0 Å². The van der Waals surface area contributed by atoms with Gasteiger partial charge in [-0.15, -0.1) is 11.3 Å². The first-order valence-electron chi connectivity index (χ1n) is 6.81. The molecule has 1 aromatic rings. The Labute approximate surface area is 122 Å². The summed E-state index contributed by atoms with van der Waals surface area (Å²) in [6.07, 6.45) is 7.00. The number of nitrogens with zero attached hydrogens (tertiary/aromatic N) is 1. The molecule has 0 aromatic carbocycles. The number of aryl methyl sites for hydroxylation is 1. The minimum Gasteiger partial charge on any atom is -0.369 e. The number of thiazole rings is 1. The maximum Gasteiger partial charge on any atom is 0.271 e. The number of carbonyl (C=O) groups excluding carboxylic acids is 2. The quantitative estimate of drug-likeness (QED) is 0.809. The van der Waals surface area contributed by atoms with Crippen molar-refractivity contribution in [1.29, 1.82) is 0 Å². The maximum atomic E-state index is 12.2. The van der Waals surface area contributed by atoms with Crippen LogP contribution in [0.15, 0.2) is 17.5 Å². The van der Waals surface area contributed by atoms with Crippen LogP contribution in [0.2, 0.25) is 0 Å². The molecule has 1 heterocycles. The van der Waals surface area contributed by atoms with Crippen LogP contribution in [0, 0.1) is 5.92 Å². The van der Waals surface area contributed by atoms with Gasteiger partial charge >= 0.3 is 0 Å². The summed E-state index contributed by atoms with van der Waals surface area (Å²) in [5.41, 5.74) is 5.81. The number of rotatable bonds is 5. The molecular weight excluding hydrogens is 274 g/mol. The van der Waals surface area contributed by atoms with E-state index in [2.05, 4.69) is 17.2 Å². The molecule has 0 fully saturated rings. The van der Waals surface area contributed by atoms with Crippen LogP contribution in [0.1, 0.15) is 41.7 Å². The second-order valence-electron chi connectivity index (χ2n) is 4.91. The number of aromatic nitrogens is 1. The van der Waals surface area contributed by atoms with E-state index >= 15 is 0 Å². The van der Waals surface area contributed by atoms with Gasteiger partial charge in [0.05, 0.1) is 10.9 Å². The lowest BCUT2D eigenvalue weighted by atomic mass is 9.88. The monoisotopic (exact) mass is 293 g/mol. The first kappa shape index (κ1) is 14.7. The Balaban J connectivity index is 2.02. The number of allylic oxidation sites excluding steroid dienone is 1. The van der Waals surface area contributed by atoms with Gasteiger partial charge in [-0.1, -0.05) is 19.1 Å². The van der Waals surface area contributed by atoms with E-state index in [4.69, 9.17) is 5.73 Å². The molecule has 5 nitrogen and oxygen atoms in total. The normalized spacial score (nSPS) is 21.6. The van der Waals surface area contributed by atoms with Crippen molar-refractivity contribution in [3.8, 4) is 0 Å². The van der Waals surface area contributed by atoms with E-state index in [-0.39, 0.29) is 23.8 Å². The summed E-state index contributed by atoms with van der Waals surface area (Å²) >= 11 is 1.49. The second kappa shape index (κ2) is 6.65. The summed E-state index contributed by atoms with van der Waals surface area (Å²) in [5.74, 6) is -0.933. The molecule has 2 amide bonds. The molecule has 0 unspecified atom stereocenters. The second-order valence-corrected chi connectivity index (χ2v) is 5.85. The molecule has 0 saturated heterocycles. The number of carbonyl (C=O) groups is 2. The molecular formula is C14H19N3O2S.